The Labute approximate surface area is 125 Å². The van der Waals surface area contributed by atoms with Crippen LogP contribution in [0.15, 0.2) is 47.2 Å². The summed E-state index contributed by atoms with van der Waals surface area (Å²) < 4.78 is 6.15. The van der Waals surface area contributed by atoms with Crippen LogP contribution in [-0.4, -0.2) is 22.8 Å². The molecular weight excluding hydrogens is 355 g/mol. The first-order chi connectivity index (χ1) is 9.15. The van der Waals surface area contributed by atoms with E-state index in [2.05, 4.69) is 27.6 Å². The number of nitrogens with zero attached hydrogens (tertiary/aromatic N) is 2. The highest BCUT2D eigenvalue weighted by Gasteiger charge is 2.06. The normalized spacial score (nSPS) is 10.8. The Morgan fingerprint density at radius 3 is 2.95 bits per heavy atom. The zero-order chi connectivity index (χ0) is 13.7. The van der Waals surface area contributed by atoms with Crippen molar-refractivity contribution in [2.24, 2.45) is 0 Å². The van der Waals surface area contributed by atoms with E-state index in [0.29, 0.717) is 12.3 Å². The second kappa shape index (κ2) is 6.51. The van der Waals surface area contributed by atoms with Crippen LogP contribution in [0.25, 0.3) is 6.08 Å². The fourth-order valence-corrected chi connectivity index (χ4v) is 1.98. The number of carbonyl (C=O) groups excluding carboxylic acids is 1. The highest BCUT2D eigenvalue weighted by atomic mass is 127. The lowest BCUT2D eigenvalue weighted by Crippen LogP contribution is -2.24. The molecule has 2 aromatic rings. The zero-order valence-electron chi connectivity index (χ0n) is 10.4. The molecule has 98 valence electrons. The molecule has 19 heavy (non-hydrogen) atoms. The summed E-state index contributed by atoms with van der Waals surface area (Å²) in [6.45, 7) is 0.534. The van der Waals surface area contributed by atoms with Crippen LogP contribution in [0.2, 0.25) is 0 Å². The van der Waals surface area contributed by atoms with Crippen LogP contribution in [-0.2, 0) is 11.3 Å². The fraction of sp³-hybridized carbons (Fsp3) is 0.143. The largest absolute Gasteiger partial charge is 0.451 e. The summed E-state index contributed by atoms with van der Waals surface area (Å²) in [5.74, 6) is 0.600. The van der Waals surface area contributed by atoms with Gasteiger partial charge in [0.1, 0.15) is 5.76 Å². The van der Waals surface area contributed by atoms with Crippen LogP contribution in [0, 0.1) is 3.77 Å². The molecule has 0 aromatic carbocycles. The minimum absolute atomic E-state index is 0.0738. The molecule has 0 fully saturated rings. The van der Waals surface area contributed by atoms with E-state index in [1.165, 1.54) is 6.08 Å². The molecule has 0 aliphatic rings. The van der Waals surface area contributed by atoms with Crippen LogP contribution in [0.1, 0.15) is 11.3 Å². The number of rotatable bonds is 4. The molecule has 0 spiro atoms. The summed E-state index contributed by atoms with van der Waals surface area (Å²) in [6, 6.07) is 7.47. The first-order valence-corrected chi connectivity index (χ1v) is 6.80. The predicted molar refractivity (Wildman–Crippen MR) is 81.2 cm³/mol. The van der Waals surface area contributed by atoms with E-state index in [1.807, 2.05) is 24.3 Å². The number of hydrogen-bond acceptors (Lipinski definition) is 3. The molecule has 0 aliphatic carbocycles. The average Bonchev–Trinajstić information content (AvgIpc) is 2.83. The highest BCUT2D eigenvalue weighted by molar-refractivity contribution is 14.1. The number of amides is 1. The van der Waals surface area contributed by atoms with Gasteiger partial charge in [0, 0.05) is 32.1 Å². The number of halogens is 1. The van der Waals surface area contributed by atoms with E-state index in [0.717, 1.165) is 9.33 Å². The average molecular weight is 368 g/mol. The standard InChI is InChI=1S/C14H13IN2O2/c1-17(10-11-3-2-8-16-9-11)14(18)7-5-12-4-6-13(15)19-12/h2-9H,10H2,1H3. The van der Waals surface area contributed by atoms with Gasteiger partial charge >= 0.3 is 0 Å². The number of likely N-dealkylation sites (N-methyl/N-ethyl adjacent to an activating group) is 1. The van der Waals surface area contributed by atoms with Crippen molar-refractivity contribution in [3.63, 3.8) is 0 Å². The quantitative estimate of drug-likeness (QED) is 0.616. The molecule has 1 amide bonds. The molecule has 4 nitrogen and oxygen atoms in total. The molecule has 2 rings (SSSR count). The van der Waals surface area contributed by atoms with Gasteiger partial charge in [0.05, 0.1) is 0 Å². The number of carbonyl (C=O) groups is 1. The number of hydrogen-bond donors (Lipinski definition) is 0. The minimum atomic E-state index is -0.0738. The number of pyridine rings is 1. The van der Waals surface area contributed by atoms with Gasteiger partial charge in [0.2, 0.25) is 5.91 Å². The lowest BCUT2D eigenvalue weighted by Gasteiger charge is -2.14. The van der Waals surface area contributed by atoms with Gasteiger partial charge in [-0.2, -0.15) is 0 Å². The SMILES string of the molecule is CN(Cc1cccnc1)C(=O)C=Cc1ccc(I)o1. The second-order valence-corrected chi connectivity index (χ2v) is 5.09. The summed E-state index contributed by atoms with van der Waals surface area (Å²) in [4.78, 5) is 17.6. The first-order valence-electron chi connectivity index (χ1n) is 5.72. The zero-order valence-corrected chi connectivity index (χ0v) is 12.6. The van der Waals surface area contributed by atoms with Crippen molar-refractivity contribution < 1.29 is 9.21 Å². The van der Waals surface area contributed by atoms with Crippen LogP contribution >= 0.6 is 22.6 Å². The van der Waals surface area contributed by atoms with Gasteiger partial charge in [-0.3, -0.25) is 9.78 Å². The fourth-order valence-electron chi connectivity index (χ4n) is 1.54. The predicted octanol–water partition coefficient (Wildman–Crippen LogP) is 2.95. The summed E-state index contributed by atoms with van der Waals surface area (Å²) >= 11 is 2.08. The van der Waals surface area contributed by atoms with Crippen LogP contribution < -0.4 is 0 Å². The topological polar surface area (TPSA) is 46.3 Å². The lowest BCUT2D eigenvalue weighted by molar-refractivity contribution is -0.125. The van der Waals surface area contributed by atoms with Crippen molar-refractivity contribution in [3.05, 3.63) is 57.8 Å². The van der Waals surface area contributed by atoms with Gasteiger partial charge in [-0.15, -0.1) is 0 Å². The van der Waals surface area contributed by atoms with Crippen molar-refractivity contribution in [3.8, 4) is 0 Å². The molecular formula is C14H13IN2O2. The van der Waals surface area contributed by atoms with Gasteiger partial charge in [0.25, 0.3) is 0 Å². The molecule has 0 bridgehead atoms. The van der Waals surface area contributed by atoms with E-state index in [4.69, 9.17) is 4.42 Å². The van der Waals surface area contributed by atoms with Gasteiger partial charge in [-0.25, -0.2) is 0 Å². The van der Waals surface area contributed by atoms with Crippen LogP contribution in [0.4, 0.5) is 0 Å². The molecule has 0 saturated carbocycles. The van der Waals surface area contributed by atoms with Gasteiger partial charge < -0.3 is 9.32 Å². The van der Waals surface area contributed by atoms with Gasteiger partial charge in [0.15, 0.2) is 3.77 Å². The molecule has 0 saturated heterocycles. The maximum Gasteiger partial charge on any atom is 0.246 e. The minimum Gasteiger partial charge on any atom is -0.451 e. The molecule has 0 aliphatic heterocycles. The molecule has 0 unspecified atom stereocenters. The Bertz CT molecular complexity index is 578. The highest BCUT2D eigenvalue weighted by Crippen LogP contribution is 2.11. The van der Waals surface area contributed by atoms with E-state index in [9.17, 15) is 4.79 Å². The third kappa shape index (κ3) is 4.20. The summed E-state index contributed by atoms with van der Waals surface area (Å²) in [5.41, 5.74) is 0.999. The van der Waals surface area contributed by atoms with Crippen molar-refractivity contribution in [1.29, 1.82) is 0 Å². The van der Waals surface area contributed by atoms with Crippen molar-refractivity contribution >= 4 is 34.6 Å². The number of furan rings is 1. The van der Waals surface area contributed by atoms with E-state index in [-0.39, 0.29) is 5.91 Å². The Hall–Kier alpha value is -1.63. The Balaban J connectivity index is 1.94. The van der Waals surface area contributed by atoms with E-state index < -0.39 is 0 Å². The van der Waals surface area contributed by atoms with Crippen molar-refractivity contribution in [2.45, 2.75) is 6.54 Å². The summed E-state index contributed by atoms with van der Waals surface area (Å²) in [6.07, 6.45) is 6.64. The summed E-state index contributed by atoms with van der Waals surface area (Å²) in [7, 11) is 1.76. The monoisotopic (exact) mass is 368 g/mol. The first kappa shape index (κ1) is 13.8. The lowest BCUT2D eigenvalue weighted by atomic mass is 10.2. The third-order valence-electron chi connectivity index (χ3n) is 2.50. The second-order valence-electron chi connectivity index (χ2n) is 4.03. The Morgan fingerprint density at radius 1 is 1.47 bits per heavy atom. The van der Waals surface area contributed by atoms with E-state index >= 15 is 0 Å². The molecule has 0 radical (unpaired) electrons. The maximum atomic E-state index is 11.9. The smallest absolute Gasteiger partial charge is 0.246 e. The third-order valence-corrected chi connectivity index (χ3v) is 3.08. The van der Waals surface area contributed by atoms with Gasteiger partial charge in [-0.05, 0) is 52.4 Å². The van der Waals surface area contributed by atoms with Gasteiger partial charge in [-0.1, -0.05) is 6.07 Å². The summed E-state index contributed by atoms with van der Waals surface area (Å²) in [5, 5.41) is 0. The molecule has 2 heterocycles. The molecule has 0 N–H and O–H groups in total. The molecule has 0 atom stereocenters. The maximum absolute atomic E-state index is 11.9. The number of aromatic nitrogens is 1. The molecule has 2 aromatic heterocycles. The Kier molecular flexibility index (Phi) is 4.73. The van der Waals surface area contributed by atoms with Crippen LogP contribution in [0.3, 0.4) is 0 Å². The molecule has 5 heteroatoms. The van der Waals surface area contributed by atoms with Crippen molar-refractivity contribution in [2.75, 3.05) is 7.05 Å². The van der Waals surface area contributed by atoms with Crippen LogP contribution in [0.5, 0.6) is 0 Å². The van der Waals surface area contributed by atoms with Crippen molar-refractivity contribution in [1.82, 2.24) is 9.88 Å². The Morgan fingerprint density at radius 2 is 2.32 bits per heavy atom. The van der Waals surface area contributed by atoms with E-state index in [1.54, 1.807) is 30.4 Å².